The third kappa shape index (κ3) is 3.70. The molecule has 0 saturated heterocycles. The van der Waals surface area contributed by atoms with E-state index in [2.05, 4.69) is 0 Å². The van der Waals surface area contributed by atoms with Crippen LogP contribution in [0.15, 0.2) is 48.5 Å². The topological polar surface area (TPSA) is 102 Å². The highest BCUT2D eigenvalue weighted by Crippen LogP contribution is 2.45. The van der Waals surface area contributed by atoms with Gasteiger partial charge in [-0.2, -0.15) is 0 Å². The molecule has 1 aliphatic heterocycles. The van der Waals surface area contributed by atoms with E-state index in [0.717, 1.165) is 16.3 Å². The highest BCUT2D eigenvalue weighted by Gasteiger charge is 2.34. The van der Waals surface area contributed by atoms with Gasteiger partial charge in [0, 0.05) is 35.9 Å². The largest absolute Gasteiger partial charge is 0.490 e. The van der Waals surface area contributed by atoms with Crippen LogP contribution in [0, 0.1) is 10.1 Å². The number of carboxylic acid groups (broad SMARTS) is 1. The molecule has 1 N–H and O–H groups in total. The van der Waals surface area contributed by atoms with Crippen LogP contribution in [0.3, 0.4) is 0 Å². The molecule has 0 radical (unpaired) electrons. The van der Waals surface area contributed by atoms with Gasteiger partial charge >= 0.3 is 11.8 Å². The van der Waals surface area contributed by atoms with Gasteiger partial charge in [-0.1, -0.05) is 24.3 Å². The molecule has 0 spiro atoms. The molecule has 0 unspecified atom stereocenters. The zero-order chi connectivity index (χ0) is 22.1. The Labute approximate surface area is 182 Å². The summed E-state index contributed by atoms with van der Waals surface area (Å²) in [4.78, 5) is 23.7. The number of hydrogen-bond donors (Lipinski definition) is 1. The highest BCUT2D eigenvalue weighted by atomic mass is 35.5. The Bertz CT molecular complexity index is 1180. The molecule has 0 bridgehead atoms. The fourth-order valence-electron chi connectivity index (χ4n) is 3.96. The van der Waals surface area contributed by atoms with E-state index in [-0.39, 0.29) is 24.0 Å². The summed E-state index contributed by atoms with van der Waals surface area (Å²) in [6, 6.07) is 13.9. The third-order valence-electron chi connectivity index (χ3n) is 5.38. The average molecular weight is 443 g/mol. The van der Waals surface area contributed by atoms with Crippen LogP contribution in [0.2, 0.25) is 0 Å². The summed E-state index contributed by atoms with van der Waals surface area (Å²) in [6.45, 7) is 0.421. The lowest BCUT2D eigenvalue weighted by Gasteiger charge is -2.17. The normalized spacial score (nSPS) is 15.0. The predicted octanol–water partition coefficient (Wildman–Crippen LogP) is 5.16. The zero-order valence-electron chi connectivity index (χ0n) is 16.6. The van der Waals surface area contributed by atoms with Crippen LogP contribution >= 0.6 is 11.6 Å². The van der Waals surface area contributed by atoms with Crippen molar-refractivity contribution in [3.8, 4) is 11.5 Å². The fraction of sp³-hybridized carbons (Fsp3) is 0.227. The summed E-state index contributed by atoms with van der Waals surface area (Å²) in [7, 11) is 1.37. The Morgan fingerprint density at radius 3 is 2.61 bits per heavy atom. The van der Waals surface area contributed by atoms with Gasteiger partial charge in [-0.15, -0.1) is 11.6 Å². The van der Waals surface area contributed by atoms with Crippen LogP contribution in [0.4, 0.5) is 16.2 Å². The Kier molecular flexibility index (Phi) is 5.56. The first kappa shape index (κ1) is 20.7. The molecule has 0 aliphatic carbocycles. The molecule has 9 heteroatoms. The summed E-state index contributed by atoms with van der Waals surface area (Å²) in [5, 5.41) is 22.5. The van der Waals surface area contributed by atoms with E-state index < -0.39 is 11.0 Å². The minimum absolute atomic E-state index is 0.106. The van der Waals surface area contributed by atoms with Crippen molar-refractivity contribution >= 4 is 39.8 Å². The maximum atomic E-state index is 11.8. The summed E-state index contributed by atoms with van der Waals surface area (Å²) < 4.78 is 11.2. The summed E-state index contributed by atoms with van der Waals surface area (Å²) in [5.74, 6) is 0.870. The van der Waals surface area contributed by atoms with E-state index in [9.17, 15) is 20.0 Å². The predicted molar refractivity (Wildman–Crippen MR) is 117 cm³/mol. The molecule has 1 atom stereocenters. The van der Waals surface area contributed by atoms with Crippen molar-refractivity contribution in [1.29, 1.82) is 0 Å². The van der Waals surface area contributed by atoms with Crippen molar-refractivity contribution in [2.75, 3.05) is 24.4 Å². The van der Waals surface area contributed by atoms with Gasteiger partial charge in [0.25, 0.3) is 0 Å². The van der Waals surface area contributed by atoms with E-state index in [1.165, 1.54) is 18.1 Å². The van der Waals surface area contributed by atoms with Crippen molar-refractivity contribution in [3.63, 3.8) is 0 Å². The number of carbonyl (C=O) groups is 1. The molecule has 1 heterocycles. The molecule has 3 aromatic rings. The third-order valence-corrected chi connectivity index (χ3v) is 5.75. The second-order valence-electron chi connectivity index (χ2n) is 7.15. The summed E-state index contributed by atoms with van der Waals surface area (Å²) >= 11 is 6.14. The minimum Gasteiger partial charge on any atom is -0.490 e. The number of ether oxygens (including phenoxy) is 2. The van der Waals surface area contributed by atoms with E-state index >= 15 is 0 Å². The molecule has 1 aliphatic rings. The van der Waals surface area contributed by atoms with Gasteiger partial charge < -0.3 is 14.6 Å². The van der Waals surface area contributed by atoms with Crippen LogP contribution < -0.4 is 14.4 Å². The monoisotopic (exact) mass is 442 g/mol. The van der Waals surface area contributed by atoms with Crippen molar-refractivity contribution in [2.45, 2.75) is 12.5 Å². The first-order valence-corrected chi connectivity index (χ1v) is 10.0. The SMILES string of the molecule is COc1cc(COc2cc3c(c4ccccc24)[C@H](CCl)CN3C(=O)O)ccc1[N+](=O)[O-]. The Morgan fingerprint density at radius 1 is 1.23 bits per heavy atom. The van der Waals surface area contributed by atoms with Crippen LogP contribution in [-0.2, 0) is 6.61 Å². The lowest BCUT2D eigenvalue weighted by molar-refractivity contribution is -0.385. The maximum Gasteiger partial charge on any atom is 0.411 e. The van der Waals surface area contributed by atoms with E-state index in [0.29, 0.717) is 29.4 Å². The number of anilines is 1. The van der Waals surface area contributed by atoms with Gasteiger partial charge in [0.1, 0.15) is 12.4 Å². The van der Waals surface area contributed by atoms with Crippen LogP contribution in [0.25, 0.3) is 10.8 Å². The number of fused-ring (bicyclic) bond motifs is 3. The molecule has 4 rings (SSSR count). The standard InChI is InChI=1S/C22H19ClN2O6/c1-30-20-8-13(6-7-17(20)25(28)29)12-31-19-9-18-21(16-5-3-2-4-15(16)19)14(10-23)11-24(18)22(26)27/h2-9,14H,10-12H2,1H3,(H,26,27)/t14-/m1/s1. The number of hydrogen-bond acceptors (Lipinski definition) is 5. The number of rotatable bonds is 6. The summed E-state index contributed by atoms with van der Waals surface area (Å²) in [6.07, 6.45) is -1.05. The number of nitro benzene ring substituents is 1. The molecule has 160 valence electrons. The van der Waals surface area contributed by atoms with E-state index in [4.69, 9.17) is 21.1 Å². The minimum atomic E-state index is -1.05. The van der Waals surface area contributed by atoms with Gasteiger partial charge in [-0.25, -0.2) is 4.79 Å². The van der Waals surface area contributed by atoms with Crippen molar-refractivity contribution in [3.05, 3.63) is 69.8 Å². The Hall–Kier alpha value is -3.52. The molecule has 31 heavy (non-hydrogen) atoms. The van der Waals surface area contributed by atoms with E-state index in [1.54, 1.807) is 18.2 Å². The molecule has 3 aromatic carbocycles. The van der Waals surface area contributed by atoms with E-state index in [1.807, 2.05) is 24.3 Å². The molecular weight excluding hydrogens is 424 g/mol. The first-order chi connectivity index (χ1) is 14.9. The second kappa shape index (κ2) is 8.31. The molecule has 0 saturated carbocycles. The van der Waals surface area contributed by atoms with Gasteiger partial charge in [-0.3, -0.25) is 15.0 Å². The lowest BCUT2D eigenvalue weighted by Crippen LogP contribution is -2.28. The zero-order valence-corrected chi connectivity index (χ0v) is 17.3. The first-order valence-electron chi connectivity index (χ1n) is 9.50. The van der Waals surface area contributed by atoms with Crippen molar-refractivity contribution < 1.29 is 24.3 Å². The van der Waals surface area contributed by atoms with Gasteiger partial charge in [-0.05, 0) is 28.6 Å². The number of halogens is 1. The number of alkyl halides is 1. The molecular formula is C22H19ClN2O6. The Morgan fingerprint density at radius 2 is 1.97 bits per heavy atom. The van der Waals surface area contributed by atoms with Crippen LogP contribution in [0.1, 0.15) is 17.0 Å². The van der Waals surface area contributed by atoms with Gasteiger partial charge in [0.15, 0.2) is 5.75 Å². The average Bonchev–Trinajstić information content (AvgIpc) is 3.16. The number of nitro groups is 1. The van der Waals surface area contributed by atoms with Crippen molar-refractivity contribution in [1.82, 2.24) is 0 Å². The van der Waals surface area contributed by atoms with Crippen LogP contribution in [0.5, 0.6) is 11.5 Å². The summed E-state index contributed by atoms with van der Waals surface area (Å²) in [5.41, 5.74) is 2.02. The molecule has 0 fully saturated rings. The maximum absolute atomic E-state index is 11.8. The van der Waals surface area contributed by atoms with Gasteiger partial charge in [0.2, 0.25) is 0 Å². The quantitative estimate of drug-likeness (QED) is 0.321. The van der Waals surface area contributed by atoms with Crippen molar-refractivity contribution in [2.24, 2.45) is 0 Å². The number of amides is 1. The smallest absolute Gasteiger partial charge is 0.411 e. The molecule has 1 amide bonds. The van der Waals surface area contributed by atoms with Crippen LogP contribution in [-0.4, -0.2) is 35.7 Å². The number of benzene rings is 3. The molecule has 8 nitrogen and oxygen atoms in total. The molecule has 0 aromatic heterocycles. The Balaban J connectivity index is 1.73. The number of methoxy groups -OCH3 is 1. The number of nitrogens with zero attached hydrogens (tertiary/aromatic N) is 2. The van der Waals surface area contributed by atoms with Gasteiger partial charge in [0.05, 0.1) is 17.7 Å². The fourth-order valence-corrected chi connectivity index (χ4v) is 4.22. The highest BCUT2D eigenvalue weighted by molar-refractivity contribution is 6.19. The lowest BCUT2D eigenvalue weighted by atomic mass is 9.95. The second-order valence-corrected chi connectivity index (χ2v) is 7.46.